The van der Waals surface area contributed by atoms with Crippen LogP contribution in [0.2, 0.25) is 0 Å². The minimum Gasteiger partial charge on any atom is -0.381 e. The second kappa shape index (κ2) is 5.28. The van der Waals surface area contributed by atoms with Crippen LogP contribution in [-0.4, -0.2) is 33.1 Å². The van der Waals surface area contributed by atoms with Crippen molar-refractivity contribution in [2.24, 2.45) is 5.73 Å². The van der Waals surface area contributed by atoms with Gasteiger partial charge < -0.3 is 10.5 Å². The molecule has 0 saturated carbocycles. The summed E-state index contributed by atoms with van der Waals surface area (Å²) in [5.41, 5.74) is 4.75. The van der Waals surface area contributed by atoms with Crippen molar-refractivity contribution in [2.75, 3.05) is 13.2 Å². The summed E-state index contributed by atoms with van der Waals surface area (Å²) in [5.74, 6) is -0.681. The van der Waals surface area contributed by atoms with Gasteiger partial charge in [-0.3, -0.25) is 4.79 Å². The van der Waals surface area contributed by atoms with Crippen molar-refractivity contribution in [2.45, 2.75) is 23.3 Å². The Morgan fingerprint density at radius 3 is 2.37 bits per heavy atom. The first-order chi connectivity index (χ1) is 8.94. The Hall–Kier alpha value is -1.44. The molecule has 6 nitrogen and oxygen atoms in total. The molecular weight excluding hydrogens is 268 g/mol. The Morgan fingerprint density at radius 2 is 1.79 bits per heavy atom. The minimum atomic E-state index is -3.87. The van der Waals surface area contributed by atoms with Gasteiger partial charge in [-0.1, -0.05) is 18.2 Å². The summed E-state index contributed by atoms with van der Waals surface area (Å²) in [5, 5.41) is 0. The van der Waals surface area contributed by atoms with Crippen molar-refractivity contribution in [3.8, 4) is 0 Å². The zero-order valence-corrected chi connectivity index (χ0v) is 11.2. The van der Waals surface area contributed by atoms with Gasteiger partial charge in [-0.25, -0.2) is 13.1 Å². The van der Waals surface area contributed by atoms with Gasteiger partial charge in [0, 0.05) is 13.2 Å². The van der Waals surface area contributed by atoms with E-state index in [9.17, 15) is 13.2 Å². The zero-order valence-electron chi connectivity index (χ0n) is 10.3. The SMILES string of the molecule is NC1(C(=O)NS(=O)(=O)c2ccccc2)CCOCC1. The van der Waals surface area contributed by atoms with Crippen LogP contribution in [0.1, 0.15) is 12.8 Å². The van der Waals surface area contributed by atoms with E-state index in [1.54, 1.807) is 18.2 Å². The van der Waals surface area contributed by atoms with Crippen LogP contribution in [0.25, 0.3) is 0 Å². The van der Waals surface area contributed by atoms with Crippen LogP contribution in [0.15, 0.2) is 35.2 Å². The Kier molecular flexibility index (Phi) is 3.88. The first-order valence-electron chi connectivity index (χ1n) is 5.93. The maximum absolute atomic E-state index is 12.0. The lowest BCUT2D eigenvalue weighted by Crippen LogP contribution is -2.57. The van der Waals surface area contributed by atoms with Gasteiger partial charge in [-0.05, 0) is 25.0 Å². The summed E-state index contributed by atoms with van der Waals surface area (Å²) in [7, 11) is -3.87. The summed E-state index contributed by atoms with van der Waals surface area (Å²) in [6.45, 7) is 0.713. The topological polar surface area (TPSA) is 98.5 Å². The third-order valence-corrected chi connectivity index (χ3v) is 4.46. The maximum Gasteiger partial charge on any atom is 0.264 e. The lowest BCUT2D eigenvalue weighted by molar-refractivity contribution is -0.127. The molecule has 1 aliphatic rings. The molecule has 1 saturated heterocycles. The smallest absolute Gasteiger partial charge is 0.264 e. The Balaban J connectivity index is 2.14. The molecule has 1 aromatic rings. The first kappa shape index (κ1) is 14.0. The van der Waals surface area contributed by atoms with E-state index in [4.69, 9.17) is 10.5 Å². The fourth-order valence-electron chi connectivity index (χ4n) is 1.84. The van der Waals surface area contributed by atoms with E-state index in [-0.39, 0.29) is 4.90 Å². The predicted molar refractivity (Wildman–Crippen MR) is 68.7 cm³/mol. The van der Waals surface area contributed by atoms with Crippen LogP contribution in [0.5, 0.6) is 0 Å². The van der Waals surface area contributed by atoms with Crippen LogP contribution in [0.3, 0.4) is 0 Å². The fourth-order valence-corrected chi connectivity index (χ4v) is 2.93. The molecule has 104 valence electrons. The van der Waals surface area contributed by atoms with E-state index >= 15 is 0 Å². The Labute approximate surface area is 112 Å². The molecule has 1 amide bonds. The molecule has 7 heteroatoms. The molecule has 0 spiro atoms. The first-order valence-corrected chi connectivity index (χ1v) is 7.41. The van der Waals surface area contributed by atoms with Gasteiger partial charge in [0.25, 0.3) is 15.9 Å². The van der Waals surface area contributed by atoms with Crippen molar-refractivity contribution in [1.29, 1.82) is 0 Å². The Bertz CT molecular complexity index is 550. The summed E-state index contributed by atoms with van der Waals surface area (Å²) < 4.78 is 31.2. The van der Waals surface area contributed by atoms with Gasteiger partial charge in [0.2, 0.25) is 0 Å². The molecule has 3 N–H and O–H groups in total. The molecule has 1 aliphatic heterocycles. The monoisotopic (exact) mass is 284 g/mol. The Morgan fingerprint density at radius 1 is 1.21 bits per heavy atom. The molecule has 2 rings (SSSR count). The van der Waals surface area contributed by atoms with Crippen LogP contribution in [-0.2, 0) is 19.6 Å². The van der Waals surface area contributed by atoms with Crippen molar-refractivity contribution < 1.29 is 17.9 Å². The van der Waals surface area contributed by atoms with Crippen molar-refractivity contribution in [3.05, 3.63) is 30.3 Å². The number of rotatable bonds is 3. The third-order valence-electron chi connectivity index (χ3n) is 3.12. The molecule has 1 fully saturated rings. The van der Waals surface area contributed by atoms with Gasteiger partial charge in [-0.15, -0.1) is 0 Å². The standard InChI is InChI=1S/C12H16N2O4S/c13-12(6-8-18-9-7-12)11(15)14-19(16,17)10-4-2-1-3-5-10/h1-5H,6-9,13H2,(H,14,15). The molecule has 0 aliphatic carbocycles. The summed E-state index contributed by atoms with van der Waals surface area (Å²) in [4.78, 5) is 12.1. The summed E-state index contributed by atoms with van der Waals surface area (Å²) in [6.07, 6.45) is 0.617. The number of nitrogens with two attached hydrogens (primary N) is 1. The molecule has 19 heavy (non-hydrogen) atoms. The highest BCUT2D eigenvalue weighted by molar-refractivity contribution is 7.90. The van der Waals surface area contributed by atoms with E-state index < -0.39 is 21.5 Å². The number of benzene rings is 1. The van der Waals surface area contributed by atoms with Gasteiger partial charge >= 0.3 is 0 Å². The quantitative estimate of drug-likeness (QED) is 0.814. The average molecular weight is 284 g/mol. The number of ether oxygens (including phenoxy) is 1. The van der Waals surface area contributed by atoms with E-state index in [2.05, 4.69) is 0 Å². The van der Waals surface area contributed by atoms with Gasteiger partial charge in [0.05, 0.1) is 4.90 Å². The zero-order chi connectivity index (χ0) is 13.9. The number of carbonyl (C=O) groups is 1. The van der Waals surface area contributed by atoms with Crippen molar-refractivity contribution in [3.63, 3.8) is 0 Å². The highest BCUT2D eigenvalue weighted by Gasteiger charge is 2.38. The largest absolute Gasteiger partial charge is 0.381 e. The molecular formula is C12H16N2O4S. The normalized spacial score (nSPS) is 18.8. The number of hydrogen-bond acceptors (Lipinski definition) is 5. The minimum absolute atomic E-state index is 0.0407. The number of nitrogens with one attached hydrogen (secondary N) is 1. The van der Waals surface area contributed by atoms with E-state index in [1.165, 1.54) is 12.1 Å². The molecule has 0 unspecified atom stereocenters. The highest BCUT2D eigenvalue weighted by Crippen LogP contribution is 2.19. The predicted octanol–water partition coefficient (Wildman–Crippen LogP) is -0.000600. The van der Waals surface area contributed by atoms with Crippen molar-refractivity contribution >= 4 is 15.9 Å². The van der Waals surface area contributed by atoms with Gasteiger partial charge in [-0.2, -0.15) is 0 Å². The third kappa shape index (κ3) is 3.12. The van der Waals surface area contributed by atoms with Gasteiger partial charge in [0.15, 0.2) is 0 Å². The second-order valence-electron chi connectivity index (χ2n) is 4.52. The number of sulfonamides is 1. The summed E-state index contributed by atoms with van der Waals surface area (Å²) in [6, 6.07) is 7.71. The fraction of sp³-hybridized carbons (Fsp3) is 0.417. The van der Waals surface area contributed by atoms with E-state index in [0.717, 1.165) is 0 Å². The number of hydrogen-bond donors (Lipinski definition) is 2. The molecule has 0 bridgehead atoms. The average Bonchev–Trinajstić information content (AvgIpc) is 2.40. The van der Waals surface area contributed by atoms with Crippen LogP contribution in [0.4, 0.5) is 0 Å². The van der Waals surface area contributed by atoms with Crippen LogP contribution in [0, 0.1) is 0 Å². The van der Waals surface area contributed by atoms with Gasteiger partial charge in [0.1, 0.15) is 5.54 Å². The lowest BCUT2D eigenvalue weighted by Gasteiger charge is -2.31. The molecule has 0 radical (unpaired) electrons. The molecule has 0 aromatic heterocycles. The number of carbonyl (C=O) groups excluding carboxylic acids is 1. The second-order valence-corrected chi connectivity index (χ2v) is 6.20. The van der Waals surface area contributed by atoms with E-state index in [1.807, 2.05) is 4.72 Å². The van der Waals surface area contributed by atoms with Crippen LogP contribution < -0.4 is 10.5 Å². The molecule has 1 aromatic carbocycles. The lowest BCUT2D eigenvalue weighted by atomic mass is 9.91. The molecule has 1 heterocycles. The summed E-state index contributed by atoms with van der Waals surface area (Å²) >= 11 is 0. The molecule has 0 atom stereocenters. The van der Waals surface area contributed by atoms with Crippen LogP contribution >= 0.6 is 0 Å². The maximum atomic E-state index is 12.0. The highest BCUT2D eigenvalue weighted by atomic mass is 32.2. The number of amides is 1. The van der Waals surface area contributed by atoms with E-state index in [0.29, 0.717) is 26.1 Å². The van der Waals surface area contributed by atoms with Crippen molar-refractivity contribution in [1.82, 2.24) is 4.72 Å².